The van der Waals surface area contributed by atoms with E-state index in [9.17, 15) is 9.18 Å². The van der Waals surface area contributed by atoms with Gasteiger partial charge in [-0.2, -0.15) is 0 Å². The van der Waals surface area contributed by atoms with Gasteiger partial charge in [-0.25, -0.2) is 4.39 Å². The molecule has 84 valence electrons. The first-order valence-corrected chi connectivity index (χ1v) is 5.50. The summed E-state index contributed by atoms with van der Waals surface area (Å²) in [5.41, 5.74) is 6.09. The van der Waals surface area contributed by atoms with Gasteiger partial charge in [-0.1, -0.05) is 12.1 Å². The molecule has 3 N–H and O–H groups in total. The molecule has 1 heterocycles. The Morgan fingerprint density at radius 2 is 2.25 bits per heavy atom. The van der Waals surface area contributed by atoms with Gasteiger partial charge in [-0.05, 0) is 13.0 Å². The molecule has 16 heavy (non-hydrogen) atoms. The molecule has 1 aromatic carbocycles. The number of aryl methyl sites for hydroxylation is 1. The third kappa shape index (κ3) is 1.58. The molecule has 1 unspecified atom stereocenters. The predicted molar refractivity (Wildman–Crippen MR) is 61.1 cm³/mol. The maximum absolute atomic E-state index is 13.5. The number of aliphatic carboxylic acids is 1. The third-order valence-corrected chi connectivity index (χ3v) is 3.61. The number of halogens is 1. The molecule has 1 atom stereocenters. The molecular weight excluding hydrogens is 229 g/mol. The van der Waals surface area contributed by atoms with E-state index < -0.39 is 12.0 Å². The van der Waals surface area contributed by atoms with Crippen molar-refractivity contribution in [3.63, 3.8) is 0 Å². The molecule has 3 nitrogen and oxygen atoms in total. The maximum atomic E-state index is 13.5. The lowest BCUT2D eigenvalue weighted by atomic mass is 10.0. The van der Waals surface area contributed by atoms with Crippen LogP contribution in [0.2, 0.25) is 0 Å². The van der Waals surface area contributed by atoms with Crippen molar-refractivity contribution in [1.29, 1.82) is 0 Å². The van der Waals surface area contributed by atoms with Crippen LogP contribution in [-0.2, 0) is 4.79 Å². The summed E-state index contributed by atoms with van der Waals surface area (Å²) >= 11 is 1.23. The molecule has 0 fully saturated rings. The van der Waals surface area contributed by atoms with Crippen molar-refractivity contribution in [2.75, 3.05) is 0 Å². The summed E-state index contributed by atoms with van der Waals surface area (Å²) < 4.78 is 13.9. The van der Waals surface area contributed by atoms with E-state index in [0.29, 0.717) is 15.6 Å². The van der Waals surface area contributed by atoms with E-state index >= 15 is 0 Å². The molecule has 0 saturated heterocycles. The molecule has 2 aromatic rings. The Morgan fingerprint density at radius 1 is 1.56 bits per heavy atom. The van der Waals surface area contributed by atoms with Crippen molar-refractivity contribution in [1.82, 2.24) is 0 Å². The van der Waals surface area contributed by atoms with Crippen LogP contribution in [0.3, 0.4) is 0 Å². The zero-order chi connectivity index (χ0) is 11.9. The minimum Gasteiger partial charge on any atom is -0.480 e. The molecule has 0 saturated carbocycles. The highest BCUT2D eigenvalue weighted by Gasteiger charge is 2.22. The van der Waals surface area contributed by atoms with Crippen LogP contribution < -0.4 is 5.73 Å². The highest BCUT2D eigenvalue weighted by Crippen LogP contribution is 2.35. The monoisotopic (exact) mass is 239 g/mol. The number of carboxylic acids is 1. The lowest BCUT2D eigenvalue weighted by molar-refractivity contribution is -0.138. The normalized spacial score (nSPS) is 12.9. The average molecular weight is 239 g/mol. The van der Waals surface area contributed by atoms with Gasteiger partial charge in [-0.15, -0.1) is 11.3 Å². The Bertz CT molecular complexity index is 564. The first-order valence-electron chi connectivity index (χ1n) is 4.68. The lowest BCUT2D eigenvalue weighted by Crippen LogP contribution is -2.20. The molecular formula is C11H10FNO2S. The van der Waals surface area contributed by atoms with Crippen molar-refractivity contribution in [3.05, 3.63) is 34.5 Å². The summed E-state index contributed by atoms with van der Waals surface area (Å²) in [4.78, 5) is 11.6. The second kappa shape index (κ2) is 3.84. The zero-order valence-corrected chi connectivity index (χ0v) is 9.34. The van der Waals surface area contributed by atoms with Gasteiger partial charge >= 0.3 is 5.97 Å². The highest BCUT2D eigenvalue weighted by atomic mass is 32.1. The second-order valence-corrected chi connectivity index (χ2v) is 4.73. The summed E-state index contributed by atoms with van der Waals surface area (Å²) in [5.74, 6) is -1.44. The van der Waals surface area contributed by atoms with Crippen LogP contribution in [0.25, 0.3) is 10.1 Å². The fourth-order valence-electron chi connectivity index (χ4n) is 1.73. The van der Waals surface area contributed by atoms with Crippen LogP contribution in [0.4, 0.5) is 4.39 Å². The van der Waals surface area contributed by atoms with Crippen LogP contribution >= 0.6 is 11.3 Å². The maximum Gasteiger partial charge on any atom is 0.325 e. The van der Waals surface area contributed by atoms with E-state index in [1.54, 1.807) is 19.1 Å². The molecule has 0 spiro atoms. The van der Waals surface area contributed by atoms with Crippen LogP contribution in [-0.4, -0.2) is 11.1 Å². The largest absolute Gasteiger partial charge is 0.480 e. The Morgan fingerprint density at radius 3 is 2.88 bits per heavy atom. The number of carboxylic acid groups (broad SMARTS) is 1. The minimum absolute atomic E-state index is 0.338. The van der Waals surface area contributed by atoms with Gasteiger partial charge in [0.05, 0.1) is 4.70 Å². The molecule has 0 bridgehead atoms. The lowest BCUT2D eigenvalue weighted by Gasteiger charge is -2.06. The summed E-state index contributed by atoms with van der Waals surface area (Å²) in [6.45, 7) is 1.75. The number of nitrogens with two attached hydrogens (primary N) is 1. The standard InChI is InChI=1S/C11H10FNO2S/c1-5-8(9(13)11(14)15)6-3-2-4-7(12)10(6)16-5/h2-4,9H,13H2,1H3,(H,14,15). The molecule has 1 aromatic heterocycles. The predicted octanol–water partition coefficient (Wildman–Crippen LogP) is 2.43. The molecule has 0 aliphatic heterocycles. The smallest absolute Gasteiger partial charge is 0.325 e. The van der Waals surface area contributed by atoms with E-state index in [1.165, 1.54) is 17.4 Å². The quantitative estimate of drug-likeness (QED) is 0.846. The number of thiophene rings is 1. The summed E-state index contributed by atoms with van der Waals surface area (Å²) in [5, 5.41) is 9.49. The number of rotatable bonds is 2. The van der Waals surface area contributed by atoms with Gasteiger partial charge in [0, 0.05) is 15.8 Å². The average Bonchev–Trinajstić information content (AvgIpc) is 2.55. The molecule has 0 aliphatic rings. The van der Waals surface area contributed by atoms with Crippen molar-refractivity contribution < 1.29 is 14.3 Å². The fraction of sp³-hybridized carbons (Fsp3) is 0.182. The van der Waals surface area contributed by atoms with Gasteiger partial charge in [0.15, 0.2) is 0 Å². The third-order valence-electron chi connectivity index (χ3n) is 2.47. The Kier molecular flexibility index (Phi) is 2.65. The van der Waals surface area contributed by atoms with E-state index in [4.69, 9.17) is 10.8 Å². The van der Waals surface area contributed by atoms with Gasteiger partial charge in [-0.3, -0.25) is 4.79 Å². The second-order valence-electron chi connectivity index (χ2n) is 3.50. The zero-order valence-electron chi connectivity index (χ0n) is 8.53. The molecule has 0 radical (unpaired) electrons. The van der Waals surface area contributed by atoms with E-state index in [-0.39, 0.29) is 5.82 Å². The van der Waals surface area contributed by atoms with E-state index in [2.05, 4.69) is 0 Å². The van der Waals surface area contributed by atoms with E-state index in [1.807, 2.05) is 0 Å². The minimum atomic E-state index is -1.10. The summed E-state index contributed by atoms with van der Waals surface area (Å²) in [6, 6.07) is 3.51. The number of hydrogen-bond donors (Lipinski definition) is 2. The Hall–Kier alpha value is -1.46. The highest BCUT2D eigenvalue weighted by molar-refractivity contribution is 7.19. The van der Waals surface area contributed by atoms with Crippen molar-refractivity contribution >= 4 is 27.4 Å². The first-order chi connectivity index (χ1) is 7.52. The number of carbonyl (C=O) groups is 1. The SMILES string of the molecule is Cc1sc2c(F)cccc2c1C(N)C(=O)O. The van der Waals surface area contributed by atoms with Crippen molar-refractivity contribution in [3.8, 4) is 0 Å². The van der Waals surface area contributed by atoms with Crippen molar-refractivity contribution in [2.45, 2.75) is 13.0 Å². The van der Waals surface area contributed by atoms with Gasteiger partial charge in [0.2, 0.25) is 0 Å². The molecule has 0 aliphatic carbocycles. The first kappa shape index (κ1) is 11.0. The van der Waals surface area contributed by atoms with Crippen LogP contribution in [0.1, 0.15) is 16.5 Å². The van der Waals surface area contributed by atoms with Crippen LogP contribution in [0, 0.1) is 12.7 Å². The molecule has 0 amide bonds. The fourth-order valence-corrected chi connectivity index (χ4v) is 2.84. The summed E-state index contributed by atoms with van der Waals surface area (Å²) in [6.07, 6.45) is 0. The van der Waals surface area contributed by atoms with Gasteiger partial charge in [0.1, 0.15) is 11.9 Å². The van der Waals surface area contributed by atoms with Gasteiger partial charge in [0.25, 0.3) is 0 Å². The van der Waals surface area contributed by atoms with Gasteiger partial charge < -0.3 is 10.8 Å². The van der Waals surface area contributed by atoms with Crippen LogP contribution in [0.5, 0.6) is 0 Å². The topological polar surface area (TPSA) is 63.3 Å². The number of hydrogen-bond acceptors (Lipinski definition) is 3. The Labute approximate surface area is 95.3 Å². The number of fused-ring (bicyclic) bond motifs is 1. The van der Waals surface area contributed by atoms with E-state index in [0.717, 1.165) is 4.88 Å². The summed E-state index contributed by atoms with van der Waals surface area (Å²) in [7, 11) is 0. The Balaban J connectivity index is 2.74. The molecule has 5 heteroatoms. The van der Waals surface area contributed by atoms with Crippen LogP contribution in [0.15, 0.2) is 18.2 Å². The number of benzene rings is 1. The molecule has 2 rings (SSSR count). The van der Waals surface area contributed by atoms with Crippen molar-refractivity contribution in [2.24, 2.45) is 5.73 Å².